The summed E-state index contributed by atoms with van der Waals surface area (Å²) < 4.78 is 0. The van der Waals surface area contributed by atoms with Crippen LogP contribution in [-0.4, -0.2) is 24.9 Å². The van der Waals surface area contributed by atoms with E-state index in [0.717, 1.165) is 25.9 Å². The van der Waals surface area contributed by atoms with E-state index in [1.165, 1.54) is 116 Å². The van der Waals surface area contributed by atoms with Crippen molar-refractivity contribution in [2.24, 2.45) is 0 Å². The number of nitrogens with one attached hydrogen (secondary N) is 2. The molecule has 0 aliphatic carbocycles. The van der Waals surface area contributed by atoms with E-state index in [1.54, 1.807) is 24.3 Å². The predicted octanol–water partition coefficient (Wildman–Crippen LogP) is 8.99. The maximum atomic E-state index is 12.4. The van der Waals surface area contributed by atoms with E-state index < -0.39 is 0 Å². The molecular formula is C32H56N2O2. The molecule has 0 saturated carbocycles. The Morgan fingerprint density at radius 1 is 0.444 bits per heavy atom. The molecule has 0 fully saturated rings. The minimum atomic E-state index is -0.0526. The van der Waals surface area contributed by atoms with Gasteiger partial charge in [-0.15, -0.1) is 0 Å². The Hall–Kier alpha value is -1.84. The lowest BCUT2D eigenvalue weighted by molar-refractivity contribution is 0.0941. The molecule has 1 rings (SSSR count). The Balaban J connectivity index is 2.04. The normalized spacial score (nSPS) is 10.9. The summed E-state index contributed by atoms with van der Waals surface area (Å²) in [6.45, 7) is 5.95. The summed E-state index contributed by atoms with van der Waals surface area (Å²) >= 11 is 0. The van der Waals surface area contributed by atoms with Crippen LogP contribution in [0, 0.1) is 0 Å². The number of hydrogen-bond acceptors (Lipinski definition) is 2. The third-order valence-electron chi connectivity index (χ3n) is 7.04. The van der Waals surface area contributed by atoms with E-state index >= 15 is 0 Å². The minimum absolute atomic E-state index is 0.0526. The van der Waals surface area contributed by atoms with Gasteiger partial charge in [0.2, 0.25) is 0 Å². The van der Waals surface area contributed by atoms with Crippen molar-refractivity contribution < 1.29 is 9.59 Å². The topological polar surface area (TPSA) is 58.2 Å². The summed E-state index contributed by atoms with van der Waals surface area (Å²) in [6.07, 6.45) is 25.8. The van der Waals surface area contributed by atoms with E-state index in [9.17, 15) is 9.59 Å². The second-order valence-corrected chi connectivity index (χ2v) is 10.5. The van der Waals surface area contributed by atoms with Crippen molar-refractivity contribution >= 4 is 11.8 Å². The first-order valence-electron chi connectivity index (χ1n) is 15.4. The minimum Gasteiger partial charge on any atom is -0.352 e. The molecule has 0 aromatic heterocycles. The number of amides is 2. The van der Waals surface area contributed by atoms with Crippen molar-refractivity contribution in [1.29, 1.82) is 0 Å². The van der Waals surface area contributed by atoms with Crippen molar-refractivity contribution in [2.75, 3.05) is 13.1 Å². The van der Waals surface area contributed by atoms with Crippen LogP contribution in [0.3, 0.4) is 0 Å². The van der Waals surface area contributed by atoms with Gasteiger partial charge in [0.25, 0.3) is 11.8 Å². The molecule has 0 radical (unpaired) electrons. The third-order valence-corrected chi connectivity index (χ3v) is 7.04. The highest BCUT2D eigenvalue weighted by Gasteiger charge is 2.08. The van der Waals surface area contributed by atoms with Crippen LogP contribution in [0.1, 0.15) is 163 Å². The number of hydrogen-bond donors (Lipinski definition) is 2. The monoisotopic (exact) mass is 500 g/mol. The zero-order valence-electron chi connectivity index (χ0n) is 23.7. The summed E-state index contributed by atoms with van der Waals surface area (Å²) in [5.74, 6) is -0.105. The van der Waals surface area contributed by atoms with Crippen molar-refractivity contribution in [3.63, 3.8) is 0 Å². The molecule has 0 unspecified atom stereocenters. The molecule has 2 amide bonds. The van der Waals surface area contributed by atoms with Gasteiger partial charge in [0.15, 0.2) is 0 Å². The molecule has 206 valence electrons. The molecule has 0 atom stereocenters. The molecule has 0 aliphatic heterocycles. The second kappa shape index (κ2) is 23.6. The van der Waals surface area contributed by atoms with Gasteiger partial charge in [-0.25, -0.2) is 0 Å². The Morgan fingerprint density at radius 3 is 0.972 bits per heavy atom. The third kappa shape index (κ3) is 17.6. The SMILES string of the molecule is CCCCCCCCCCCCNC(=O)c1ccc(C(=O)NCCCCCCCCCCCC)cc1. The van der Waals surface area contributed by atoms with Crippen LogP contribution >= 0.6 is 0 Å². The molecule has 1 aromatic carbocycles. The standard InChI is InChI=1S/C32H56N2O2/c1-3-5-7-9-11-13-15-17-19-21-27-33-31(35)29-23-25-30(26-24-29)32(36)34-28-22-20-18-16-14-12-10-8-6-4-2/h23-26H,3-22,27-28H2,1-2H3,(H,33,35)(H,34,36). The zero-order chi connectivity index (χ0) is 26.1. The predicted molar refractivity (Wildman–Crippen MR) is 155 cm³/mol. The first-order chi connectivity index (χ1) is 17.7. The lowest BCUT2D eigenvalue weighted by Crippen LogP contribution is -2.26. The Bertz CT molecular complexity index is 600. The lowest BCUT2D eigenvalue weighted by atomic mass is 10.1. The van der Waals surface area contributed by atoms with E-state index in [1.807, 2.05) is 0 Å². The average molecular weight is 501 g/mol. The van der Waals surface area contributed by atoms with Crippen LogP contribution in [0.4, 0.5) is 0 Å². The number of carbonyl (C=O) groups excluding carboxylic acids is 2. The molecule has 0 spiro atoms. The van der Waals surface area contributed by atoms with Crippen LogP contribution in [0.5, 0.6) is 0 Å². The van der Waals surface area contributed by atoms with E-state index in [4.69, 9.17) is 0 Å². The average Bonchev–Trinajstić information content (AvgIpc) is 2.90. The fourth-order valence-electron chi connectivity index (χ4n) is 4.61. The highest BCUT2D eigenvalue weighted by Crippen LogP contribution is 2.12. The molecule has 0 aliphatic rings. The number of rotatable bonds is 24. The van der Waals surface area contributed by atoms with Gasteiger partial charge in [0.05, 0.1) is 0 Å². The molecule has 36 heavy (non-hydrogen) atoms. The highest BCUT2D eigenvalue weighted by atomic mass is 16.2. The lowest BCUT2D eigenvalue weighted by Gasteiger charge is -2.08. The van der Waals surface area contributed by atoms with E-state index in [-0.39, 0.29) is 11.8 Å². The van der Waals surface area contributed by atoms with Crippen LogP contribution in [-0.2, 0) is 0 Å². The molecule has 1 aromatic rings. The molecule has 0 saturated heterocycles. The quantitative estimate of drug-likeness (QED) is 0.139. The summed E-state index contributed by atoms with van der Waals surface area (Å²) in [6, 6.07) is 7.01. The van der Waals surface area contributed by atoms with E-state index in [0.29, 0.717) is 11.1 Å². The van der Waals surface area contributed by atoms with Crippen molar-refractivity contribution in [2.45, 2.75) is 142 Å². The van der Waals surface area contributed by atoms with Crippen molar-refractivity contribution in [3.8, 4) is 0 Å². The zero-order valence-corrected chi connectivity index (χ0v) is 23.7. The summed E-state index contributed by atoms with van der Waals surface area (Å²) in [5.41, 5.74) is 1.24. The molecular weight excluding hydrogens is 444 g/mol. The first-order valence-corrected chi connectivity index (χ1v) is 15.4. The van der Waals surface area contributed by atoms with Crippen LogP contribution < -0.4 is 10.6 Å². The summed E-state index contributed by atoms with van der Waals surface area (Å²) in [7, 11) is 0. The molecule has 2 N–H and O–H groups in total. The van der Waals surface area contributed by atoms with Crippen LogP contribution in [0.25, 0.3) is 0 Å². The fraction of sp³-hybridized carbons (Fsp3) is 0.750. The first kappa shape index (κ1) is 32.2. The Morgan fingerprint density at radius 2 is 0.694 bits per heavy atom. The van der Waals surface area contributed by atoms with Crippen molar-refractivity contribution in [1.82, 2.24) is 10.6 Å². The van der Waals surface area contributed by atoms with Gasteiger partial charge in [0, 0.05) is 24.2 Å². The van der Waals surface area contributed by atoms with Gasteiger partial charge in [-0.1, -0.05) is 129 Å². The van der Waals surface area contributed by atoms with Gasteiger partial charge in [-0.2, -0.15) is 0 Å². The molecule has 4 heteroatoms. The van der Waals surface area contributed by atoms with Crippen LogP contribution in [0.15, 0.2) is 24.3 Å². The molecule has 4 nitrogen and oxygen atoms in total. The number of carbonyl (C=O) groups is 2. The summed E-state index contributed by atoms with van der Waals surface area (Å²) in [4.78, 5) is 24.7. The van der Waals surface area contributed by atoms with Gasteiger partial charge in [0.1, 0.15) is 0 Å². The maximum Gasteiger partial charge on any atom is 0.251 e. The van der Waals surface area contributed by atoms with Gasteiger partial charge in [-0.05, 0) is 37.1 Å². The Kier molecular flexibility index (Phi) is 21.1. The molecule has 0 bridgehead atoms. The highest BCUT2D eigenvalue weighted by molar-refractivity contribution is 5.97. The Labute approximate surface area is 222 Å². The largest absolute Gasteiger partial charge is 0.352 e. The second-order valence-electron chi connectivity index (χ2n) is 10.5. The van der Waals surface area contributed by atoms with Crippen LogP contribution in [0.2, 0.25) is 0 Å². The van der Waals surface area contributed by atoms with E-state index in [2.05, 4.69) is 24.5 Å². The van der Waals surface area contributed by atoms with Crippen molar-refractivity contribution in [3.05, 3.63) is 35.4 Å². The summed E-state index contributed by atoms with van der Waals surface area (Å²) in [5, 5.41) is 6.02. The smallest absolute Gasteiger partial charge is 0.251 e. The number of benzene rings is 1. The fourth-order valence-corrected chi connectivity index (χ4v) is 4.61. The maximum absolute atomic E-state index is 12.4. The van der Waals surface area contributed by atoms with Gasteiger partial charge < -0.3 is 10.6 Å². The molecule has 0 heterocycles. The number of unbranched alkanes of at least 4 members (excludes halogenated alkanes) is 18. The van der Waals surface area contributed by atoms with Gasteiger partial charge in [-0.3, -0.25) is 9.59 Å². The van der Waals surface area contributed by atoms with Gasteiger partial charge >= 0.3 is 0 Å².